The maximum absolute atomic E-state index is 12.4. The fourth-order valence-corrected chi connectivity index (χ4v) is 4.09. The Bertz CT molecular complexity index is 751. The number of carbonyl (C=O) groups excluding carboxylic acids is 1. The predicted octanol–water partition coefficient (Wildman–Crippen LogP) is 3.00. The van der Waals surface area contributed by atoms with Crippen LogP contribution >= 0.6 is 0 Å². The number of aromatic nitrogens is 1. The van der Waals surface area contributed by atoms with Crippen molar-refractivity contribution in [2.45, 2.75) is 44.8 Å². The van der Waals surface area contributed by atoms with Crippen LogP contribution in [0.3, 0.4) is 0 Å². The monoisotopic (exact) mass is 338 g/mol. The smallest absolute Gasteiger partial charge is 0.317 e. The molecule has 1 atom stereocenters. The second kappa shape index (κ2) is 7.00. The number of nitrogens with zero attached hydrogens (tertiary/aromatic N) is 3. The Balaban J connectivity index is 1.31. The number of hydrogen-bond acceptors (Lipinski definition) is 3. The summed E-state index contributed by atoms with van der Waals surface area (Å²) in [5.74, 6) is 0. The van der Waals surface area contributed by atoms with Crippen LogP contribution in [-0.2, 0) is 6.54 Å². The van der Waals surface area contributed by atoms with Gasteiger partial charge in [0.05, 0.1) is 5.52 Å². The third-order valence-corrected chi connectivity index (χ3v) is 5.64. The average molecular weight is 338 g/mol. The molecule has 1 aromatic carbocycles. The minimum absolute atomic E-state index is 0.0433. The largest absolute Gasteiger partial charge is 0.334 e. The molecule has 25 heavy (non-hydrogen) atoms. The Morgan fingerprint density at radius 2 is 2.08 bits per heavy atom. The first kappa shape index (κ1) is 16.3. The van der Waals surface area contributed by atoms with E-state index in [0.29, 0.717) is 18.6 Å². The SMILES string of the molecule is C[C@@H]1CCCCN1C1CN(C(=O)NCc2ccnc3ccccc23)C1. The molecule has 0 bridgehead atoms. The van der Waals surface area contributed by atoms with Gasteiger partial charge in [-0.3, -0.25) is 9.88 Å². The number of amides is 2. The molecule has 2 saturated heterocycles. The molecule has 2 fully saturated rings. The molecule has 2 aromatic rings. The lowest BCUT2D eigenvalue weighted by Gasteiger charge is -2.49. The summed E-state index contributed by atoms with van der Waals surface area (Å²) in [5, 5.41) is 4.17. The van der Waals surface area contributed by atoms with Gasteiger partial charge in [0, 0.05) is 43.3 Å². The Morgan fingerprint density at radius 1 is 1.24 bits per heavy atom. The third-order valence-electron chi connectivity index (χ3n) is 5.64. The van der Waals surface area contributed by atoms with E-state index in [0.717, 1.165) is 29.6 Å². The van der Waals surface area contributed by atoms with Gasteiger partial charge in [0.15, 0.2) is 0 Å². The molecule has 4 rings (SSSR count). The highest BCUT2D eigenvalue weighted by Crippen LogP contribution is 2.24. The molecule has 0 aliphatic carbocycles. The minimum Gasteiger partial charge on any atom is -0.334 e. The third kappa shape index (κ3) is 3.33. The molecule has 5 heteroatoms. The van der Waals surface area contributed by atoms with Crippen molar-refractivity contribution >= 4 is 16.9 Å². The van der Waals surface area contributed by atoms with E-state index in [-0.39, 0.29) is 6.03 Å². The Labute approximate surface area is 149 Å². The van der Waals surface area contributed by atoms with Crippen molar-refractivity contribution in [3.05, 3.63) is 42.1 Å². The van der Waals surface area contributed by atoms with Crippen molar-refractivity contribution in [3.63, 3.8) is 0 Å². The molecule has 3 heterocycles. The summed E-state index contributed by atoms with van der Waals surface area (Å²) in [6.07, 6.45) is 5.73. The molecule has 132 valence electrons. The van der Waals surface area contributed by atoms with Crippen LogP contribution in [0.15, 0.2) is 36.5 Å². The van der Waals surface area contributed by atoms with Gasteiger partial charge in [0.1, 0.15) is 0 Å². The number of piperidine rings is 1. The van der Waals surface area contributed by atoms with Crippen molar-refractivity contribution in [1.82, 2.24) is 20.1 Å². The van der Waals surface area contributed by atoms with Gasteiger partial charge in [-0.05, 0) is 44.0 Å². The van der Waals surface area contributed by atoms with Crippen molar-refractivity contribution in [2.75, 3.05) is 19.6 Å². The summed E-state index contributed by atoms with van der Waals surface area (Å²) in [6.45, 7) is 5.75. The fourth-order valence-electron chi connectivity index (χ4n) is 4.09. The van der Waals surface area contributed by atoms with Crippen molar-refractivity contribution in [3.8, 4) is 0 Å². The van der Waals surface area contributed by atoms with Crippen LogP contribution in [0.1, 0.15) is 31.7 Å². The van der Waals surface area contributed by atoms with E-state index in [2.05, 4.69) is 28.2 Å². The van der Waals surface area contributed by atoms with Crippen molar-refractivity contribution < 1.29 is 4.79 Å². The number of pyridine rings is 1. The minimum atomic E-state index is 0.0433. The van der Waals surface area contributed by atoms with Gasteiger partial charge in [0.25, 0.3) is 0 Å². The summed E-state index contributed by atoms with van der Waals surface area (Å²) in [5.41, 5.74) is 2.08. The molecular formula is C20H26N4O. The second-order valence-electron chi connectivity index (χ2n) is 7.29. The number of urea groups is 1. The lowest BCUT2D eigenvalue weighted by atomic mass is 9.98. The van der Waals surface area contributed by atoms with Gasteiger partial charge in [-0.2, -0.15) is 0 Å². The van der Waals surface area contributed by atoms with E-state index >= 15 is 0 Å². The highest BCUT2D eigenvalue weighted by Gasteiger charge is 2.37. The average Bonchev–Trinajstić information content (AvgIpc) is 2.60. The molecule has 0 unspecified atom stereocenters. The molecule has 2 amide bonds. The van der Waals surface area contributed by atoms with Crippen LogP contribution in [-0.4, -0.2) is 52.5 Å². The molecule has 5 nitrogen and oxygen atoms in total. The first-order valence-corrected chi connectivity index (χ1v) is 9.33. The molecule has 0 spiro atoms. The lowest BCUT2D eigenvalue weighted by molar-refractivity contribution is 0.0169. The Morgan fingerprint density at radius 3 is 2.92 bits per heavy atom. The van der Waals surface area contributed by atoms with E-state index in [9.17, 15) is 4.79 Å². The molecular weight excluding hydrogens is 312 g/mol. The summed E-state index contributed by atoms with van der Waals surface area (Å²) in [4.78, 5) is 21.3. The number of rotatable bonds is 3. The zero-order valence-electron chi connectivity index (χ0n) is 14.8. The number of para-hydroxylation sites is 1. The van der Waals surface area contributed by atoms with E-state index in [1.54, 1.807) is 6.20 Å². The normalized spacial score (nSPS) is 22.0. The number of benzene rings is 1. The predicted molar refractivity (Wildman–Crippen MR) is 99.4 cm³/mol. The van der Waals surface area contributed by atoms with Gasteiger partial charge in [-0.25, -0.2) is 4.79 Å². The molecule has 1 aromatic heterocycles. The van der Waals surface area contributed by atoms with Crippen LogP contribution in [0, 0.1) is 0 Å². The van der Waals surface area contributed by atoms with E-state index in [1.807, 2.05) is 29.2 Å². The number of carbonyl (C=O) groups is 1. The zero-order valence-corrected chi connectivity index (χ0v) is 14.8. The summed E-state index contributed by atoms with van der Waals surface area (Å²) >= 11 is 0. The van der Waals surface area contributed by atoms with E-state index in [1.165, 1.54) is 25.8 Å². The number of fused-ring (bicyclic) bond motifs is 1. The van der Waals surface area contributed by atoms with Crippen LogP contribution < -0.4 is 5.32 Å². The van der Waals surface area contributed by atoms with Crippen molar-refractivity contribution in [1.29, 1.82) is 0 Å². The van der Waals surface area contributed by atoms with E-state index in [4.69, 9.17) is 0 Å². The second-order valence-corrected chi connectivity index (χ2v) is 7.29. The van der Waals surface area contributed by atoms with Crippen LogP contribution in [0.25, 0.3) is 10.9 Å². The first-order valence-electron chi connectivity index (χ1n) is 9.33. The molecule has 2 aliphatic heterocycles. The molecule has 1 N–H and O–H groups in total. The van der Waals surface area contributed by atoms with Crippen LogP contribution in [0.4, 0.5) is 4.79 Å². The Kier molecular flexibility index (Phi) is 4.57. The quantitative estimate of drug-likeness (QED) is 0.936. The maximum Gasteiger partial charge on any atom is 0.317 e. The van der Waals surface area contributed by atoms with Gasteiger partial charge in [0.2, 0.25) is 0 Å². The summed E-state index contributed by atoms with van der Waals surface area (Å²) in [6, 6.07) is 11.3. The lowest BCUT2D eigenvalue weighted by Crippen LogP contribution is -2.64. The van der Waals surface area contributed by atoms with Gasteiger partial charge < -0.3 is 10.2 Å². The molecule has 0 radical (unpaired) electrons. The van der Waals surface area contributed by atoms with Gasteiger partial charge >= 0.3 is 6.03 Å². The van der Waals surface area contributed by atoms with Crippen molar-refractivity contribution in [2.24, 2.45) is 0 Å². The summed E-state index contributed by atoms with van der Waals surface area (Å²) in [7, 11) is 0. The maximum atomic E-state index is 12.4. The molecule has 0 saturated carbocycles. The van der Waals surface area contributed by atoms with Crippen LogP contribution in [0.2, 0.25) is 0 Å². The topological polar surface area (TPSA) is 48.5 Å². The van der Waals surface area contributed by atoms with Gasteiger partial charge in [-0.15, -0.1) is 0 Å². The number of likely N-dealkylation sites (tertiary alicyclic amines) is 2. The Hall–Kier alpha value is -2.14. The fraction of sp³-hybridized carbons (Fsp3) is 0.500. The standard InChI is InChI=1S/C20H26N4O/c1-15-6-4-5-11-24(15)17-13-23(14-17)20(25)22-12-16-9-10-21-19-8-3-2-7-18(16)19/h2-3,7-10,15,17H,4-6,11-14H2,1H3,(H,22,25)/t15-/m1/s1. The molecule has 2 aliphatic rings. The number of nitrogens with one attached hydrogen (secondary N) is 1. The van der Waals surface area contributed by atoms with Gasteiger partial charge in [-0.1, -0.05) is 24.6 Å². The van der Waals surface area contributed by atoms with E-state index < -0.39 is 0 Å². The van der Waals surface area contributed by atoms with Crippen LogP contribution in [0.5, 0.6) is 0 Å². The first-order chi connectivity index (χ1) is 12.2. The highest BCUT2D eigenvalue weighted by atomic mass is 16.2. The zero-order chi connectivity index (χ0) is 17.2. The highest BCUT2D eigenvalue weighted by molar-refractivity contribution is 5.82. The number of hydrogen-bond donors (Lipinski definition) is 1. The summed E-state index contributed by atoms with van der Waals surface area (Å²) < 4.78 is 0.